The summed E-state index contributed by atoms with van der Waals surface area (Å²) < 4.78 is 0. The van der Waals surface area contributed by atoms with Crippen molar-refractivity contribution in [3.05, 3.63) is 34.9 Å². The molecular formula is C10H11N5OS. The molecule has 2 rings (SSSR count). The van der Waals surface area contributed by atoms with Crippen LogP contribution < -0.4 is 11.1 Å². The van der Waals surface area contributed by atoms with E-state index in [1.54, 1.807) is 24.6 Å². The molecule has 3 N–H and O–H groups in total. The normalized spacial score (nSPS) is 10.2. The average Bonchev–Trinajstić information content (AvgIpc) is 2.73. The van der Waals surface area contributed by atoms with Crippen LogP contribution in [0.4, 0.5) is 5.13 Å². The molecule has 1 amide bonds. The van der Waals surface area contributed by atoms with Gasteiger partial charge < -0.3 is 11.1 Å². The zero-order valence-corrected chi connectivity index (χ0v) is 9.99. The molecule has 0 bridgehead atoms. The van der Waals surface area contributed by atoms with E-state index >= 15 is 0 Å². The lowest BCUT2D eigenvalue weighted by molar-refractivity contribution is 0.0946. The zero-order valence-electron chi connectivity index (χ0n) is 9.17. The molecule has 7 heteroatoms. The Kier molecular flexibility index (Phi) is 3.29. The molecule has 0 fully saturated rings. The van der Waals surface area contributed by atoms with Crippen LogP contribution >= 0.6 is 11.3 Å². The molecule has 0 aliphatic rings. The standard InChI is InChI=1S/C10H11N5OS/c1-6-12-3-2-7(14-6)4-13-9(16)8-5-17-10(11)15-8/h2-3,5H,4H2,1H3,(H2,11,15)(H,13,16). The number of carbonyl (C=O) groups excluding carboxylic acids is 1. The minimum atomic E-state index is -0.255. The van der Waals surface area contributed by atoms with E-state index in [4.69, 9.17) is 5.73 Å². The van der Waals surface area contributed by atoms with Gasteiger partial charge in [-0.15, -0.1) is 11.3 Å². The van der Waals surface area contributed by atoms with Gasteiger partial charge in [-0.25, -0.2) is 15.0 Å². The van der Waals surface area contributed by atoms with Crippen molar-refractivity contribution in [2.24, 2.45) is 0 Å². The maximum atomic E-state index is 11.7. The largest absolute Gasteiger partial charge is 0.375 e. The van der Waals surface area contributed by atoms with Crippen molar-refractivity contribution >= 4 is 22.4 Å². The number of anilines is 1. The molecule has 0 aliphatic carbocycles. The molecule has 0 saturated carbocycles. The monoisotopic (exact) mass is 249 g/mol. The Labute approximate surface area is 102 Å². The number of amides is 1. The predicted octanol–water partition coefficient (Wildman–Crippen LogP) is 0.754. The Morgan fingerprint density at radius 3 is 3.00 bits per heavy atom. The van der Waals surface area contributed by atoms with Crippen LogP contribution in [0.15, 0.2) is 17.6 Å². The lowest BCUT2D eigenvalue weighted by Crippen LogP contribution is -2.23. The highest BCUT2D eigenvalue weighted by Crippen LogP contribution is 2.10. The summed E-state index contributed by atoms with van der Waals surface area (Å²) in [6.45, 7) is 2.14. The Hall–Kier alpha value is -2.02. The highest BCUT2D eigenvalue weighted by Gasteiger charge is 2.09. The van der Waals surface area contributed by atoms with Crippen molar-refractivity contribution < 1.29 is 4.79 Å². The summed E-state index contributed by atoms with van der Waals surface area (Å²) >= 11 is 1.24. The fourth-order valence-corrected chi connectivity index (χ4v) is 1.80. The van der Waals surface area contributed by atoms with Gasteiger partial charge in [0.25, 0.3) is 5.91 Å². The van der Waals surface area contributed by atoms with E-state index in [2.05, 4.69) is 20.3 Å². The van der Waals surface area contributed by atoms with Crippen molar-refractivity contribution in [1.29, 1.82) is 0 Å². The van der Waals surface area contributed by atoms with E-state index in [1.807, 2.05) is 0 Å². The van der Waals surface area contributed by atoms with E-state index < -0.39 is 0 Å². The number of nitrogens with two attached hydrogens (primary N) is 1. The lowest BCUT2D eigenvalue weighted by atomic mass is 10.3. The third-order valence-electron chi connectivity index (χ3n) is 2.02. The van der Waals surface area contributed by atoms with Crippen LogP contribution in [0.5, 0.6) is 0 Å². The quantitative estimate of drug-likeness (QED) is 0.837. The molecule has 2 heterocycles. The van der Waals surface area contributed by atoms with Crippen molar-refractivity contribution in [1.82, 2.24) is 20.3 Å². The van der Waals surface area contributed by atoms with Gasteiger partial charge in [-0.1, -0.05) is 0 Å². The zero-order chi connectivity index (χ0) is 12.3. The third kappa shape index (κ3) is 2.97. The number of rotatable bonds is 3. The maximum absolute atomic E-state index is 11.7. The maximum Gasteiger partial charge on any atom is 0.271 e. The third-order valence-corrected chi connectivity index (χ3v) is 2.69. The van der Waals surface area contributed by atoms with Crippen molar-refractivity contribution in [2.45, 2.75) is 13.5 Å². The van der Waals surface area contributed by atoms with Crippen LogP contribution in [0.3, 0.4) is 0 Å². The molecule has 2 aromatic rings. The number of aromatic nitrogens is 3. The average molecular weight is 249 g/mol. The van der Waals surface area contributed by atoms with E-state index in [9.17, 15) is 4.79 Å². The molecule has 17 heavy (non-hydrogen) atoms. The van der Waals surface area contributed by atoms with Gasteiger partial charge in [0.1, 0.15) is 11.5 Å². The second-order valence-electron chi connectivity index (χ2n) is 3.35. The minimum Gasteiger partial charge on any atom is -0.375 e. The number of hydrogen-bond donors (Lipinski definition) is 2. The first-order chi connectivity index (χ1) is 8.15. The van der Waals surface area contributed by atoms with Crippen LogP contribution in [-0.4, -0.2) is 20.9 Å². The Balaban J connectivity index is 1.97. The number of carbonyl (C=O) groups is 1. The molecule has 0 radical (unpaired) electrons. The summed E-state index contributed by atoms with van der Waals surface area (Å²) in [7, 11) is 0. The molecule has 0 unspecified atom stereocenters. The summed E-state index contributed by atoms with van der Waals surface area (Å²) in [6, 6.07) is 1.75. The van der Waals surface area contributed by atoms with E-state index in [0.717, 1.165) is 5.69 Å². The number of thiazole rings is 1. The van der Waals surface area contributed by atoms with Gasteiger partial charge in [0.05, 0.1) is 12.2 Å². The van der Waals surface area contributed by atoms with Gasteiger partial charge in [0, 0.05) is 11.6 Å². The minimum absolute atomic E-state index is 0.255. The van der Waals surface area contributed by atoms with Gasteiger partial charge in [0.2, 0.25) is 0 Å². The second kappa shape index (κ2) is 4.88. The second-order valence-corrected chi connectivity index (χ2v) is 4.24. The fraction of sp³-hybridized carbons (Fsp3) is 0.200. The van der Waals surface area contributed by atoms with Crippen molar-refractivity contribution in [2.75, 3.05) is 5.73 Å². The summed E-state index contributed by atoms with van der Waals surface area (Å²) in [4.78, 5) is 23.7. The van der Waals surface area contributed by atoms with E-state index in [0.29, 0.717) is 23.2 Å². The smallest absolute Gasteiger partial charge is 0.271 e. The molecule has 0 spiro atoms. The number of nitrogen functional groups attached to an aromatic ring is 1. The predicted molar refractivity (Wildman–Crippen MR) is 64.5 cm³/mol. The van der Waals surface area contributed by atoms with Crippen molar-refractivity contribution in [3.63, 3.8) is 0 Å². The molecule has 6 nitrogen and oxygen atoms in total. The topological polar surface area (TPSA) is 93.8 Å². The summed E-state index contributed by atoms with van der Waals surface area (Å²) in [5.41, 5.74) is 6.54. The van der Waals surface area contributed by atoms with E-state index in [1.165, 1.54) is 11.3 Å². The van der Waals surface area contributed by atoms with Gasteiger partial charge in [-0.05, 0) is 13.0 Å². The Bertz CT molecular complexity index is 539. The number of nitrogens with one attached hydrogen (secondary N) is 1. The first-order valence-corrected chi connectivity index (χ1v) is 5.81. The van der Waals surface area contributed by atoms with Crippen LogP contribution in [0.2, 0.25) is 0 Å². The SMILES string of the molecule is Cc1nccc(CNC(=O)c2csc(N)n2)n1. The van der Waals surface area contributed by atoms with Gasteiger partial charge in [-0.2, -0.15) is 0 Å². The Morgan fingerprint density at radius 2 is 2.35 bits per heavy atom. The summed E-state index contributed by atoms with van der Waals surface area (Å²) in [5.74, 6) is 0.420. The fourth-order valence-electron chi connectivity index (χ4n) is 1.26. The molecular weight excluding hydrogens is 238 g/mol. The van der Waals surface area contributed by atoms with Crippen LogP contribution in [0.25, 0.3) is 0 Å². The first-order valence-electron chi connectivity index (χ1n) is 4.93. The van der Waals surface area contributed by atoms with Crippen LogP contribution in [0.1, 0.15) is 22.0 Å². The van der Waals surface area contributed by atoms with Crippen molar-refractivity contribution in [3.8, 4) is 0 Å². The molecule has 0 aromatic carbocycles. The summed E-state index contributed by atoms with van der Waals surface area (Å²) in [5, 5.41) is 4.72. The lowest BCUT2D eigenvalue weighted by Gasteiger charge is -2.02. The number of nitrogens with zero attached hydrogens (tertiary/aromatic N) is 3. The van der Waals surface area contributed by atoms with Crippen LogP contribution in [-0.2, 0) is 6.54 Å². The molecule has 0 atom stereocenters. The number of hydrogen-bond acceptors (Lipinski definition) is 6. The molecule has 2 aromatic heterocycles. The number of aryl methyl sites for hydroxylation is 1. The molecule has 0 saturated heterocycles. The summed E-state index contributed by atoms with van der Waals surface area (Å²) in [6.07, 6.45) is 1.66. The molecule has 0 aliphatic heterocycles. The highest BCUT2D eigenvalue weighted by molar-refractivity contribution is 7.13. The van der Waals surface area contributed by atoms with Gasteiger partial charge in [0.15, 0.2) is 5.13 Å². The van der Waals surface area contributed by atoms with Crippen LogP contribution in [0, 0.1) is 6.92 Å². The van der Waals surface area contributed by atoms with Gasteiger partial charge >= 0.3 is 0 Å². The first kappa shape index (κ1) is 11.5. The molecule has 88 valence electrons. The van der Waals surface area contributed by atoms with Gasteiger partial charge in [-0.3, -0.25) is 4.79 Å². The Morgan fingerprint density at radius 1 is 1.53 bits per heavy atom. The highest BCUT2D eigenvalue weighted by atomic mass is 32.1. The van der Waals surface area contributed by atoms with E-state index in [-0.39, 0.29) is 5.91 Å².